The lowest BCUT2D eigenvalue weighted by Gasteiger charge is -2.37. The number of carbonyl (C=O) groups excluding carboxylic acids is 1. The van der Waals surface area contributed by atoms with E-state index in [1.54, 1.807) is 17.7 Å². The van der Waals surface area contributed by atoms with Gasteiger partial charge in [-0.1, -0.05) is 0 Å². The third-order valence-corrected chi connectivity index (χ3v) is 7.83. The maximum absolute atomic E-state index is 12.2. The van der Waals surface area contributed by atoms with Gasteiger partial charge in [0.05, 0.1) is 12.2 Å². The number of hydrogen-bond acceptors (Lipinski definition) is 7. The molecule has 5 rings (SSSR count). The Labute approximate surface area is 199 Å². The van der Waals surface area contributed by atoms with Crippen molar-refractivity contribution in [2.24, 2.45) is 0 Å². The molecule has 0 bridgehead atoms. The number of rotatable bonds is 5. The molecule has 2 aliphatic carbocycles. The van der Waals surface area contributed by atoms with Crippen LogP contribution in [0.25, 0.3) is 22.0 Å². The lowest BCUT2D eigenvalue weighted by atomic mass is 9.93. The van der Waals surface area contributed by atoms with E-state index in [0.717, 1.165) is 61.1 Å². The highest BCUT2D eigenvalue weighted by atomic mass is 32.1. The smallest absolute Gasteiger partial charge is 0.234 e. The quantitative estimate of drug-likeness (QED) is 0.622. The number of fused-ring (bicyclic) bond motifs is 3. The zero-order chi connectivity index (χ0) is 23.1. The van der Waals surface area contributed by atoms with Gasteiger partial charge in [-0.25, -0.2) is 9.97 Å². The first kappa shape index (κ1) is 22.3. The van der Waals surface area contributed by atoms with Crippen LogP contribution in [0.4, 0.5) is 0 Å². The number of hydrogen-bond donors (Lipinski definition) is 1. The minimum atomic E-state index is 0.0966. The van der Waals surface area contributed by atoms with E-state index in [0.29, 0.717) is 6.54 Å². The maximum Gasteiger partial charge on any atom is 0.234 e. The van der Waals surface area contributed by atoms with Gasteiger partial charge in [0.15, 0.2) is 0 Å². The minimum Gasteiger partial charge on any atom is -0.353 e. The Kier molecular flexibility index (Phi) is 6.09. The number of thiazole rings is 1. The molecule has 9 heteroatoms. The van der Waals surface area contributed by atoms with Crippen molar-refractivity contribution in [3.8, 4) is 22.0 Å². The standard InChI is InChI=1S/C24H33N7OS/c1-15(2)27-20(32)13-29-9-11-30(12-10-29)31-23-19-8-6-5-7-18(19)21(22(23)25-14-26-31)24-28-16(3)17(4)33-24/h14-15H,5-13H2,1-4H3,(H,27,32). The van der Waals surface area contributed by atoms with Crippen LogP contribution < -0.4 is 10.3 Å². The summed E-state index contributed by atoms with van der Waals surface area (Å²) in [5.41, 5.74) is 7.33. The molecule has 0 aromatic carbocycles. The SMILES string of the molecule is Cc1nc(-c2c3ncnn(N4CCN(CC(=O)NC(C)C)CC4)c-3c3c2CCCC3)sc1C. The monoisotopic (exact) mass is 467 g/mol. The van der Waals surface area contributed by atoms with Crippen LogP contribution in [0.5, 0.6) is 0 Å². The molecule has 0 saturated carbocycles. The molecule has 4 aliphatic rings. The van der Waals surface area contributed by atoms with Gasteiger partial charge in [-0.2, -0.15) is 4.79 Å². The number of aryl methyl sites for hydroxylation is 2. The molecule has 3 heterocycles. The molecule has 0 unspecified atom stereocenters. The average molecular weight is 468 g/mol. The van der Waals surface area contributed by atoms with Crippen LogP contribution in [-0.4, -0.2) is 69.4 Å². The second kappa shape index (κ2) is 9.02. The van der Waals surface area contributed by atoms with Gasteiger partial charge >= 0.3 is 0 Å². The Morgan fingerprint density at radius 1 is 1.12 bits per heavy atom. The second-order valence-electron chi connectivity index (χ2n) is 9.50. The van der Waals surface area contributed by atoms with Crippen LogP contribution in [-0.2, 0) is 17.6 Å². The van der Waals surface area contributed by atoms with Crippen molar-refractivity contribution in [3.63, 3.8) is 0 Å². The summed E-state index contributed by atoms with van der Waals surface area (Å²) in [6.45, 7) is 12.0. The Balaban J connectivity index is 1.44. The zero-order valence-corrected chi connectivity index (χ0v) is 20.8. The highest BCUT2D eigenvalue weighted by Gasteiger charge is 2.33. The molecule has 0 atom stereocenters. The number of aromatic nitrogens is 4. The van der Waals surface area contributed by atoms with Gasteiger partial charge in [0.1, 0.15) is 22.7 Å². The molecule has 1 fully saturated rings. The second-order valence-corrected chi connectivity index (χ2v) is 10.7. The summed E-state index contributed by atoms with van der Waals surface area (Å²) in [4.78, 5) is 27.4. The molecule has 1 saturated heterocycles. The average Bonchev–Trinajstić information content (AvgIpc) is 3.30. The fourth-order valence-electron chi connectivity index (χ4n) is 5.06. The van der Waals surface area contributed by atoms with Crippen molar-refractivity contribution < 1.29 is 4.79 Å². The molecule has 1 aromatic heterocycles. The maximum atomic E-state index is 12.2. The summed E-state index contributed by atoms with van der Waals surface area (Å²) in [6.07, 6.45) is 6.25. The van der Waals surface area contributed by atoms with Crippen molar-refractivity contribution in [2.75, 3.05) is 37.7 Å². The van der Waals surface area contributed by atoms with Crippen molar-refractivity contribution in [3.05, 3.63) is 28.0 Å². The molecule has 1 amide bonds. The van der Waals surface area contributed by atoms with Crippen LogP contribution in [0.2, 0.25) is 0 Å². The normalized spacial score (nSPS) is 17.1. The summed E-state index contributed by atoms with van der Waals surface area (Å²) in [7, 11) is 0. The molecule has 176 valence electrons. The van der Waals surface area contributed by atoms with Gasteiger partial charge in [0.2, 0.25) is 5.91 Å². The molecule has 33 heavy (non-hydrogen) atoms. The summed E-state index contributed by atoms with van der Waals surface area (Å²) >= 11 is 1.77. The van der Waals surface area contributed by atoms with Crippen LogP contribution in [0.1, 0.15) is 48.4 Å². The van der Waals surface area contributed by atoms with E-state index < -0.39 is 0 Å². The third kappa shape index (κ3) is 4.24. The van der Waals surface area contributed by atoms with E-state index in [9.17, 15) is 4.79 Å². The van der Waals surface area contributed by atoms with E-state index in [-0.39, 0.29) is 11.9 Å². The molecular weight excluding hydrogens is 434 g/mol. The van der Waals surface area contributed by atoms with Gasteiger partial charge in [-0.15, -0.1) is 16.4 Å². The lowest BCUT2D eigenvalue weighted by molar-refractivity contribution is -0.122. The topological polar surface area (TPSA) is 79.2 Å². The van der Waals surface area contributed by atoms with Crippen molar-refractivity contribution in [2.45, 2.75) is 59.4 Å². The number of amides is 1. The van der Waals surface area contributed by atoms with E-state index >= 15 is 0 Å². The number of piperazine rings is 1. The van der Waals surface area contributed by atoms with Crippen LogP contribution in [0.15, 0.2) is 6.33 Å². The summed E-state index contributed by atoms with van der Waals surface area (Å²) in [6, 6.07) is 0.173. The molecule has 1 aromatic rings. The highest BCUT2D eigenvalue weighted by Crippen LogP contribution is 2.46. The van der Waals surface area contributed by atoms with Gasteiger partial charge in [-0.05, 0) is 64.5 Å². The number of nitrogens with zero attached hydrogens (tertiary/aromatic N) is 6. The first-order valence-corrected chi connectivity index (χ1v) is 12.8. The zero-order valence-electron chi connectivity index (χ0n) is 20.0. The molecule has 2 aliphatic heterocycles. The van der Waals surface area contributed by atoms with Crippen molar-refractivity contribution in [1.29, 1.82) is 0 Å². The summed E-state index contributed by atoms with van der Waals surface area (Å²) in [5, 5.41) is 11.1. The van der Waals surface area contributed by atoms with Crippen LogP contribution >= 0.6 is 11.3 Å². The molecule has 8 nitrogen and oxygen atoms in total. The Morgan fingerprint density at radius 3 is 2.52 bits per heavy atom. The Hall–Kier alpha value is -2.52. The fraction of sp³-hybridized carbons (Fsp3) is 0.583. The summed E-state index contributed by atoms with van der Waals surface area (Å²) < 4.78 is 0. The fourth-order valence-corrected chi connectivity index (χ4v) is 6.05. The van der Waals surface area contributed by atoms with E-state index in [4.69, 9.17) is 15.1 Å². The first-order chi connectivity index (χ1) is 15.9. The largest absolute Gasteiger partial charge is 0.353 e. The van der Waals surface area contributed by atoms with E-state index in [1.165, 1.54) is 34.4 Å². The van der Waals surface area contributed by atoms with Gasteiger partial charge in [-0.3, -0.25) is 14.7 Å². The van der Waals surface area contributed by atoms with Gasteiger partial charge in [0, 0.05) is 42.7 Å². The molecule has 0 radical (unpaired) electrons. The van der Waals surface area contributed by atoms with Crippen molar-refractivity contribution in [1.82, 2.24) is 30.1 Å². The minimum absolute atomic E-state index is 0.0966. The Bertz CT molecular complexity index is 1110. The van der Waals surface area contributed by atoms with Crippen LogP contribution in [0.3, 0.4) is 0 Å². The van der Waals surface area contributed by atoms with Gasteiger partial charge in [0.25, 0.3) is 0 Å². The number of carbonyl (C=O) groups is 1. The Morgan fingerprint density at radius 2 is 1.85 bits per heavy atom. The lowest BCUT2D eigenvalue weighted by Crippen LogP contribution is -2.54. The first-order valence-electron chi connectivity index (χ1n) is 12.0. The van der Waals surface area contributed by atoms with Gasteiger partial charge < -0.3 is 5.32 Å². The third-order valence-electron chi connectivity index (χ3n) is 6.74. The molecule has 0 spiro atoms. The molecule has 1 N–H and O–H groups in total. The molecular formula is C24H33N7OS. The highest BCUT2D eigenvalue weighted by molar-refractivity contribution is 7.15. The number of nitrogens with one attached hydrogen (secondary N) is 1. The predicted molar refractivity (Wildman–Crippen MR) is 132 cm³/mol. The van der Waals surface area contributed by atoms with E-state index in [2.05, 4.69) is 33.9 Å². The van der Waals surface area contributed by atoms with Crippen molar-refractivity contribution >= 4 is 17.2 Å². The van der Waals surface area contributed by atoms with E-state index in [1.807, 2.05) is 13.8 Å². The summed E-state index contributed by atoms with van der Waals surface area (Å²) in [5.74, 6) is 0.0966. The predicted octanol–water partition coefficient (Wildman–Crippen LogP) is 2.78. The van der Waals surface area contributed by atoms with Crippen LogP contribution in [0, 0.1) is 13.8 Å².